The topological polar surface area (TPSA) is 77.2 Å². The van der Waals surface area contributed by atoms with E-state index in [4.69, 9.17) is 32.4 Å². The number of rotatable bonds is 4. The third-order valence-electron chi connectivity index (χ3n) is 4.04. The third-order valence-corrected chi connectivity index (χ3v) is 4.78. The first kappa shape index (κ1) is 18.3. The number of benzene rings is 2. The molecule has 0 saturated heterocycles. The molecule has 2 aromatic heterocycles. The number of fused-ring (bicyclic) bond motifs is 1. The predicted octanol–water partition coefficient (Wildman–Crippen LogP) is 5.46. The largest absolute Gasteiger partial charge is 0.495 e. The van der Waals surface area contributed by atoms with E-state index >= 15 is 0 Å². The lowest BCUT2D eigenvalue weighted by atomic mass is 10.1. The highest BCUT2D eigenvalue weighted by molar-refractivity contribution is 6.42. The average Bonchev–Trinajstić information content (AvgIpc) is 3.14. The standard InChI is InChI=1S/C20H13Cl2N3O3/c1-27-16-7-5-12(20-25-18-17(28-20)3-2-8-23-18)10-15(16)24-19(26)11-4-6-13(21)14(22)9-11/h2-10H,1H3,(H,24,26). The summed E-state index contributed by atoms with van der Waals surface area (Å²) in [6, 6.07) is 13.5. The summed E-state index contributed by atoms with van der Waals surface area (Å²) in [4.78, 5) is 21.2. The summed E-state index contributed by atoms with van der Waals surface area (Å²) in [5, 5.41) is 3.49. The first-order chi connectivity index (χ1) is 13.5. The molecule has 1 N–H and O–H groups in total. The number of ether oxygens (including phenoxy) is 1. The van der Waals surface area contributed by atoms with E-state index in [0.717, 1.165) is 0 Å². The Balaban J connectivity index is 1.68. The zero-order valence-corrected chi connectivity index (χ0v) is 16.1. The molecule has 0 atom stereocenters. The number of nitrogens with zero attached hydrogens (tertiary/aromatic N) is 2. The lowest BCUT2D eigenvalue weighted by Gasteiger charge is -2.11. The van der Waals surface area contributed by atoms with Crippen LogP contribution in [0.3, 0.4) is 0 Å². The molecule has 0 fully saturated rings. The Hall–Kier alpha value is -3.09. The third kappa shape index (κ3) is 3.52. The maximum Gasteiger partial charge on any atom is 0.255 e. The molecular weight excluding hydrogens is 401 g/mol. The van der Waals surface area contributed by atoms with Crippen LogP contribution in [0.2, 0.25) is 10.0 Å². The van der Waals surface area contributed by atoms with Gasteiger partial charge in [-0.15, -0.1) is 0 Å². The maximum atomic E-state index is 12.6. The number of methoxy groups -OCH3 is 1. The molecule has 8 heteroatoms. The maximum absolute atomic E-state index is 12.6. The second-order valence-corrected chi connectivity index (χ2v) is 6.66. The van der Waals surface area contributed by atoms with Crippen molar-refractivity contribution in [2.75, 3.05) is 12.4 Å². The molecule has 0 aliphatic heterocycles. The zero-order valence-electron chi connectivity index (χ0n) is 14.6. The summed E-state index contributed by atoms with van der Waals surface area (Å²) < 4.78 is 11.1. The fourth-order valence-electron chi connectivity index (χ4n) is 2.66. The van der Waals surface area contributed by atoms with Crippen LogP contribution >= 0.6 is 23.2 Å². The SMILES string of the molecule is COc1ccc(-c2nc3ncccc3o2)cc1NC(=O)c1ccc(Cl)c(Cl)c1. The van der Waals surface area contributed by atoms with Gasteiger partial charge in [-0.2, -0.15) is 4.98 Å². The van der Waals surface area contributed by atoms with Crippen molar-refractivity contribution in [1.29, 1.82) is 0 Å². The molecule has 140 valence electrons. The Morgan fingerprint density at radius 1 is 1.11 bits per heavy atom. The molecule has 0 bridgehead atoms. The fourth-order valence-corrected chi connectivity index (χ4v) is 2.96. The Kier molecular flexibility index (Phi) is 4.90. The molecule has 0 aliphatic carbocycles. The van der Waals surface area contributed by atoms with Crippen LogP contribution < -0.4 is 10.1 Å². The highest BCUT2D eigenvalue weighted by Gasteiger charge is 2.15. The van der Waals surface area contributed by atoms with Crippen molar-refractivity contribution in [3.63, 3.8) is 0 Å². The minimum Gasteiger partial charge on any atom is -0.495 e. The van der Waals surface area contributed by atoms with Gasteiger partial charge in [0.2, 0.25) is 5.89 Å². The number of aromatic nitrogens is 2. The van der Waals surface area contributed by atoms with Crippen LogP contribution in [0.15, 0.2) is 59.1 Å². The number of amides is 1. The summed E-state index contributed by atoms with van der Waals surface area (Å²) in [6.07, 6.45) is 1.64. The number of pyridine rings is 1. The van der Waals surface area contributed by atoms with Gasteiger partial charge in [-0.05, 0) is 48.5 Å². The van der Waals surface area contributed by atoms with Crippen LogP contribution in [0.5, 0.6) is 5.75 Å². The second-order valence-electron chi connectivity index (χ2n) is 5.84. The molecule has 1 amide bonds. The van der Waals surface area contributed by atoms with E-state index in [9.17, 15) is 4.79 Å². The van der Waals surface area contributed by atoms with Gasteiger partial charge in [0, 0.05) is 17.3 Å². The van der Waals surface area contributed by atoms with Gasteiger partial charge < -0.3 is 14.5 Å². The summed E-state index contributed by atoms with van der Waals surface area (Å²) in [5.74, 6) is 0.529. The molecule has 0 unspecified atom stereocenters. The lowest BCUT2D eigenvalue weighted by Crippen LogP contribution is -2.12. The van der Waals surface area contributed by atoms with Crippen LogP contribution in [-0.4, -0.2) is 23.0 Å². The van der Waals surface area contributed by atoms with Crippen molar-refractivity contribution >= 4 is 46.0 Å². The smallest absolute Gasteiger partial charge is 0.255 e. The Morgan fingerprint density at radius 3 is 2.71 bits per heavy atom. The minimum atomic E-state index is -0.353. The van der Waals surface area contributed by atoms with Crippen LogP contribution in [-0.2, 0) is 0 Å². The van der Waals surface area contributed by atoms with Crippen molar-refractivity contribution in [2.45, 2.75) is 0 Å². The minimum absolute atomic E-state index is 0.300. The molecule has 0 spiro atoms. The number of carbonyl (C=O) groups is 1. The molecule has 4 rings (SSSR count). The molecule has 0 saturated carbocycles. The number of halogens is 2. The van der Waals surface area contributed by atoms with Crippen molar-refractivity contribution in [1.82, 2.24) is 9.97 Å². The van der Waals surface area contributed by atoms with E-state index in [2.05, 4.69) is 15.3 Å². The number of carbonyl (C=O) groups excluding carboxylic acids is 1. The second kappa shape index (κ2) is 7.50. The van der Waals surface area contributed by atoms with E-state index in [1.54, 1.807) is 48.7 Å². The normalized spacial score (nSPS) is 10.8. The Morgan fingerprint density at radius 2 is 1.96 bits per heavy atom. The van der Waals surface area contributed by atoms with Gasteiger partial charge in [0.05, 0.1) is 22.8 Å². The molecular formula is C20H13Cl2N3O3. The zero-order chi connectivity index (χ0) is 19.7. The molecule has 0 radical (unpaired) electrons. The molecule has 6 nitrogen and oxygen atoms in total. The van der Waals surface area contributed by atoms with Gasteiger partial charge >= 0.3 is 0 Å². The van der Waals surface area contributed by atoms with Gasteiger partial charge in [-0.25, -0.2) is 4.98 Å². The van der Waals surface area contributed by atoms with E-state index in [0.29, 0.717) is 49.7 Å². The fraction of sp³-hybridized carbons (Fsp3) is 0.0500. The van der Waals surface area contributed by atoms with E-state index < -0.39 is 0 Å². The van der Waals surface area contributed by atoms with Crippen molar-refractivity contribution in [3.8, 4) is 17.2 Å². The molecule has 2 aromatic carbocycles. The van der Waals surface area contributed by atoms with Crippen molar-refractivity contribution < 1.29 is 13.9 Å². The molecule has 4 aromatic rings. The van der Waals surface area contributed by atoms with Crippen molar-refractivity contribution in [3.05, 3.63) is 70.3 Å². The van der Waals surface area contributed by atoms with Crippen molar-refractivity contribution in [2.24, 2.45) is 0 Å². The number of hydrogen-bond donors (Lipinski definition) is 1. The first-order valence-corrected chi connectivity index (χ1v) is 8.97. The summed E-state index contributed by atoms with van der Waals surface area (Å²) in [6.45, 7) is 0. The van der Waals surface area contributed by atoms with Crippen LogP contribution in [0, 0.1) is 0 Å². The predicted molar refractivity (Wildman–Crippen MR) is 108 cm³/mol. The van der Waals surface area contributed by atoms with Gasteiger partial charge in [0.1, 0.15) is 5.75 Å². The Labute approximate surface area is 170 Å². The highest BCUT2D eigenvalue weighted by Crippen LogP contribution is 2.32. The van der Waals surface area contributed by atoms with E-state index in [1.807, 2.05) is 0 Å². The van der Waals surface area contributed by atoms with Crippen LogP contribution in [0.25, 0.3) is 22.7 Å². The van der Waals surface area contributed by atoms with Gasteiger partial charge in [-0.3, -0.25) is 4.79 Å². The van der Waals surface area contributed by atoms with E-state index in [1.165, 1.54) is 13.2 Å². The number of anilines is 1. The quantitative estimate of drug-likeness (QED) is 0.480. The Bertz CT molecular complexity index is 1160. The van der Waals surface area contributed by atoms with Gasteiger partial charge in [0.15, 0.2) is 11.2 Å². The molecule has 0 aliphatic rings. The summed E-state index contributed by atoms with van der Waals surface area (Å²) >= 11 is 11.9. The van der Waals surface area contributed by atoms with Gasteiger partial charge in [-0.1, -0.05) is 23.2 Å². The van der Waals surface area contributed by atoms with Crippen LogP contribution in [0.4, 0.5) is 5.69 Å². The number of oxazole rings is 1. The van der Waals surface area contributed by atoms with Crippen LogP contribution in [0.1, 0.15) is 10.4 Å². The number of hydrogen-bond acceptors (Lipinski definition) is 5. The lowest BCUT2D eigenvalue weighted by molar-refractivity contribution is 0.102. The average molecular weight is 414 g/mol. The van der Waals surface area contributed by atoms with E-state index in [-0.39, 0.29) is 5.91 Å². The number of nitrogens with one attached hydrogen (secondary N) is 1. The first-order valence-electron chi connectivity index (χ1n) is 8.21. The monoisotopic (exact) mass is 413 g/mol. The molecule has 2 heterocycles. The highest BCUT2D eigenvalue weighted by atomic mass is 35.5. The summed E-state index contributed by atoms with van der Waals surface area (Å²) in [5.41, 5.74) is 2.59. The molecule has 28 heavy (non-hydrogen) atoms. The van der Waals surface area contributed by atoms with Gasteiger partial charge in [0.25, 0.3) is 5.91 Å². The summed E-state index contributed by atoms with van der Waals surface area (Å²) in [7, 11) is 1.52.